The van der Waals surface area contributed by atoms with Crippen molar-refractivity contribution in [2.45, 2.75) is 12.7 Å². The molecule has 0 atom stereocenters. The highest BCUT2D eigenvalue weighted by Gasteiger charge is 2.28. The monoisotopic (exact) mass is 226 g/mol. The molecule has 1 fully saturated rings. The lowest BCUT2D eigenvalue weighted by Crippen LogP contribution is -2.26. The summed E-state index contributed by atoms with van der Waals surface area (Å²) in [4.78, 5) is 22.0. The van der Waals surface area contributed by atoms with E-state index in [2.05, 4.69) is 0 Å². The molecule has 0 aromatic heterocycles. The number of hydrogen-bond donors (Lipinski definition) is 0. The van der Waals surface area contributed by atoms with Gasteiger partial charge in [0, 0.05) is 10.6 Å². The van der Waals surface area contributed by atoms with Crippen molar-refractivity contribution < 1.29 is 19.1 Å². The van der Waals surface area contributed by atoms with Gasteiger partial charge in [0.15, 0.2) is 0 Å². The molecule has 1 aliphatic heterocycles. The van der Waals surface area contributed by atoms with Gasteiger partial charge in [-0.2, -0.15) is 0 Å². The van der Waals surface area contributed by atoms with Crippen LogP contribution in [0.4, 0.5) is 0 Å². The summed E-state index contributed by atoms with van der Waals surface area (Å²) >= 11 is 5.76. The van der Waals surface area contributed by atoms with Crippen LogP contribution in [0.15, 0.2) is 24.3 Å². The minimum absolute atomic E-state index is 0.336. The van der Waals surface area contributed by atoms with Crippen LogP contribution in [0, 0.1) is 0 Å². The normalized spacial score (nSPS) is 17.1. The Morgan fingerprint density at radius 2 is 1.87 bits per heavy atom. The molecule has 1 heterocycles. The molecular formula is C10H7ClO4. The number of halogens is 1. The van der Waals surface area contributed by atoms with Gasteiger partial charge < -0.3 is 9.47 Å². The Hall–Kier alpha value is -1.55. The maximum absolute atomic E-state index is 11.0. The third-order valence-electron chi connectivity index (χ3n) is 1.89. The molecule has 0 amide bonds. The fraction of sp³-hybridized carbons (Fsp3) is 0.200. The van der Waals surface area contributed by atoms with Crippen molar-refractivity contribution >= 4 is 23.5 Å². The molecule has 0 spiro atoms. The summed E-state index contributed by atoms with van der Waals surface area (Å²) in [6.07, 6.45) is -1.31. The average molecular weight is 227 g/mol. The zero-order chi connectivity index (χ0) is 10.8. The lowest BCUT2D eigenvalue weighted by molar-refractivity contribution is -0.204. The lowest BCUT2D eigenvalue weighted by atomic mass is 10.2. The molecule has 15 heavy (non-hydrogen) atoms. The quantitative estimate of drug-likeness (QED) is 0.542. The molecule has 1 aromatic carbocycles. The van der Waals surface area contributed by atoms with Crippen molar-refractivity contribution in [3.05, 3.63) is 34.9 Å². The van der Waals surface area contributed by atoms with Crippen LogP contribution in [-0.2, 0) is 19.1 Å². The van der Waals surface area contributed by atoms with Gasteiger partial charge in [-0.25, -0.2) is 0 Å². The number of carbonyl (C=O) groups is 2. The molecule has 1 saturated heterocycles. The molecule has 2 rings (SSSR count). The van der Waals surface area contributed by atoms with Crippen molar-refractivity contribution in [1.29, 1.82) is 0 Å². The van der Waals surface area contributed by atoms with Crippen LogP contribution >= 0.6 is 11.6 Å². The second-order valence-electron chi connectivity index (χ2n) is 3.04. The van der Waals surface area contributed by atoms with Crippen molar-refractivity contribution in [2.75, 3.05) is 0 Å². The summed E-state index contributed by atoms with van der Waals surface area (Å²) in [5.41, 5.74) is 0.545. The number of carbonyl (C=O) groups excluding carboxylic acids is 2. The number of cyclic esters (lactones) is 2. The molecule has 0 unspecified atom stereocenters. The molecule has 1 aromatic rings. The van der Waals surface area contributed by atoms with E-state index in [1.54, 1.807) is 24.3 Å². The minimum atomic E-state index is -0.975. The third kappa shape index (κ3) is 2.27. The molecule has 0 saturated carbocycles. The molecule has 1 aliphatic rings. The summed E-state index contributed by atoms with van der Waals surface area (Å²) < 4.78 is 9.71. The summed E-state index contributed by atoms with van der Waals surface area (Å²) in [6, 6.07) is 6.62. The predicted octanol–water partition coefficient (Wildman–Crippen LogP) is 1.83. The van der Waals surface area contributed by atoms with Crippen molar-refractivity contribution in [3.63, 3.8) is 0 Å². The Labute approximate surface area is 90.7 Å². The second kappa shape index (κ2) is 3.90. The van der Waals surface area contributed by atoms with Crippen LogP contribution in [0.2, 0.25) is 5.02 Å². The van der Waals surface area contributed by atoms with Crippen LogP contribution in [-0.4, -0.2) is 11.9 Å². The number of esters is 2. The van der Waals surface area contributed by atoms with Crippen LogP contribution in [0.3, 0.4) is 0 Å². The van der Waals surface area contributed by atoms with E-state index in [0.29, 0.717) is 10.6 Å². The van der Waals surface area contributed by atoms with E-state index in [0.717, 1.165) is 0 Å². The van der Waals surface area contributed by atoms with Crippen molar-refractivity contribution in [1.82, 2.24) is 0 Å². The molecule has 0 aliphatic carbocycles. The number of hydrogen-bond acceptors (Lipinski definition) is 4. The summed E-state index contributed by atoms with van der Waals surface area (Å²) in [7, 11) is 0. The van der Waals surface area contributed by atoms with Gasteiger partial charge in [0.2, 0.25) is 0 Å². The summed E-state index contributed by atoms with van der Waals surface area (Å²) in [6.45, 7) is 0. The maximum atomic E-state index is 11.0. The zero-order valence-electron chi connectivity index (χ0n) is 7.60. The van der Waals surface area contributed by atoms with E-state index in [1.165, 1.54) is 0 Å². The lowest BCUT2D eigenvalue weighted by Gasteiger charge is -2.22. The molecule has 0 N–H and O–H groups in total. The van der Waals surface area contributed by atoms with Gasteiger partial charge in [-0.1, -0.05) is 23.7 Å². The van der Waals surface area contributed by atoms with Crippen LogP contribution in [0.25, 0.3) is 0 Å². The second-order valence-corrected chi connectivity index (χ2v) is 3.48. The molecular weight excluding hydrogens is 220 g/mol. The van der Waals surface area contributed by atoms with E-state index in [-0.39, 0.29) is 6.42 Å². The third-order valence-corrected chi connectivity index (χ3v) is 2.12. The van der Waals surface area contributed by atoms with Crippen LogP contribution in [0.5, 0.6) is 0 Å². The molecule has 5 heteroatoms. The summed E-state index contributed by atoms with van der Waals surface area (Å²) in [5.74, 6) is -1.17. The zero-order valence-corrected chi connectivity index (χ0v) is 8.36. The first-order chi connectivity index (χ1) is 7.15. The first-order valence-electron chi connectivity index (χ1n) is 4.29. The fourth-order valence-corrected chi connectivity index (χ4v) is 1.45. The maximum Gasteiger partial charge on any atom is 0.320 e. The van der Waals surface area contributed by atoms with Gasteiger partial charge in [0.05, 0.1) is 0 Å². The number of rotatable bonds is 1. The van der Waals surface area contributed by atoms with Crippen LogP contribution in [0.1, 0.15) is 18.3 Å². The molecule has 0 radical (unpaired) electrons. The summed E-state index contributed by atoms with van der Waals surface area (Å²) in [5, 5.41) is 0.491. The van der Waals surface area contributed by atoms with E-state index in [4.69, 9.17) is 21.1 Å². The van der Waals surface area contributed by atoms with Crippen LogP contribution < -0.4 is 0 Å². The highest BCUT2D eigenvalue weighted by molar-refractivity contribution is 6.30. The average Bonchev–Trinajstić information content (AvgIpc) is 2.16. The highest BCUT2D eigenvalue weighted by Crippen LogP contribution is 2.25. The van der Waals surface area contributed by atoms with Crippen molar-refractivity contribution in [2.24, 2.45) is 0 Å². The Balaban J connectivity index is 2.23. The first kappa shape index (κ1) is 9.98. The Kier molecular flexibility index (Phi) is 2.60. The smallest absolute Gasteiger partial charge is 0.320 e. The van der Waals surface area contributed by atoms with Gasteiger partial charge in [-0.3, -0.25) is 9.59 Å². The topological polar surface area (TPSA) is 52.6 Å². The number of benzene rings is 1. The van der Waals surface area contributed by atoms with E-state index < -0.39 is 18.2 Å². The predicted molar refractivity (Wildman–Crippen MR) is 51.0 cm³/mol. The first-order valence-corrected chi connectivity index (χ1v) is 4.67. The SMILES string of the molecule is O=C1CC(=O)OC(c2cccc(Cl)c2)O1. The highest BCUT2D eigenvalue weighted by atomic mass is 35.5. The standard InChI is InChI=1S/C10H7ClO4/c11-7-3-1-2-6(4-7)10-14-8(12)5-9(13)15-10/h1-4,10H,5H2. The van der Waals surface area contributed by atoms with Gasteiger partial charge >= 0.3 is 11.9 Å². The Morgan fingerprint density at radius 3 is 2.47 bits per heavy atom. The van der Waals surface area contributed by atoms with Gasteiger partial charge in [0.25, 0.3) is 6.29 Å². The molecule has 4 nitrogen and oxygen atoms in total. The van der Waals surface area contributed by atoms with Gasteiger partial charge in [-0.05, 0) is 12.1 Å². The van der Waals surface area contributed by atoms with Gasteiger partial charge in [-0.15, -0.1) is 0 Å². The molecule has 78 valence electrons. The van der Waals surface area contributed by atoms with Gasteiger partial charge in [0.1, 0.15) is 6.42 Å². The van der Waals surface area contributed by atoms with Crippen molar-refractivity contribution in [3.8, 4) is 0 Å². The molecule has 0 bridgehead atoms. The van der Waals surface area contributed by atoms with E-state index >= 15 is 0 Å². The van der Waals surface area contributed by atoms with E-state index in [1.807, 2.05) is 0 Å². The number of ether oxygens (including phenoxy) is 2. The largest absolute Gasteiger partial charge is 0.420 e. The Morgan fingerprint density at radius 1 is 1.20 bits per heavy atom. The Bertz CT molecular complexity index is 400. The fourth-order valence-electron chi connectivity index (χ4n) is 1.25. The minimum Gasteiger partial charge on any atom is -0.420 e. The van der Waals surface area contributed by atoms with E-state index in [9.17, 15) is 9.59 Å².